The van der Waals surface area contributed by atoms with Crippen LogP contribution < -0.4 is 10.0 Å². The molecule has 160 valence electrons. The molecule has 1 fully saturated rings. The van der Waals surface area contributed by atoms with Crippen LogP contribution in [-0.2, 0) is 19.6 Å². The molecule has 2 unspecified atom stereocenters. The van der Waals surface area contributed by atoms with Crippen molar-refractivity contribution >= 4 is 27.5 Å². The molecule has 8 heteroatoms. The Morgan fingerprint density at radius 3 is 2.53 bits per heavy atom. The zero-order valence-electron chi connectivity index (χ0n) is 17.6. The van der Waals surface area contributed by atoms with E-state index in [2.05, 4.69) is 0 Å². The molecule has 2 amide bonds. The van der Waals surface area contributed by atoms with Gasteiger partial charge in [0.05, 0.1) is 16.9 Å². The van der Waals surface area contributed by atoms with Crippen molar-refractivity contribution in [1.82, 2.24) is 4.90 Å². The molecule has 0 bridgehead atoms. The van der Waals surface area contributed by atoms with Gasteiger partial charge in [0.15, 0.2) is 0 Å². The van der Waals surface area contributed by atoms with E-state index in [-0.39, 0.29) is 29.2 Å². The topological polar surface area (TPSA) is 101 Å². The van der Waals surface area contributed by atoms with E-state index in [0.717, 1.165) is 16.8 Å². The summed E-state index contributed by atoms with van der Waals surface area (Å²) in [5.41, 5.74) is 3.62. The Labute approximate surface area is 177 Å². The maximum Gasteiger partial charge on any atom is 0.238 e. The largest absolute Gasteiger partial charge is 0.339 e. The molecule has 7 nitrogen and oxygen atoms in total. The fraction of sp³-hybridized carbons (Fsp3) is 0.364. The van der Waals surface area contributed by atoms with Crippen molar-refractivity contribution in [3.63, 3.8) is 0 Å². The number of nitrogens with zero attached hydrogens (tertiary/aromatic N) is 2. The maximum absolute atomic E-state index is 13.1. The molecule has 1 aliphatic rings. The third-order valence-corrected chi connectivity index (χ3v) is 6.85. The Morgan fingerprint density at radius 1 is 1.20 bits per heavy atom. The Kier molecular flexibility index (Phi) is 6.01. The molecule has 2 aromatic carbocycles. The van der Waals surface area contributed by atoms with Gasteiger partial charge < -0.3 is 9.80 Å². The normalized spacial score (nSPS) is 17.8. The van der Waals surface area contributed by atoms with Crippen molar-refractivity contribution in [2.75, 3.05) is 18.5 Å². The first-order valence-electron chi connectivity index (χ1n) is 9.76. The molecule has 0 saturated carbocycles. The van der Waals surface area contributed by atoms with E-state index in [1.54, 1.807) is 29.0 Å². The molecule has 2 atom stereocenters. The zero-order valence-corrected chi connectivity index (χ0v) is 18.4. The average molecular weight is 430 g/mol. The number of aryl methyl sites for hydroxylation is 1. The second-order valence-electron chi connectivity index (χ2n) is 7.87. The van der Waals surface area contributed by atoms with Crippen LogP contribution in [0.4, 0.5) is 5.69 Å². The fourth-order valence-electron chi connectivity index (χ4n) is 3.79. The smallest absolute Gasteiger partial charge is 0.238 e. The van der Waals surface area contributed by atoms with Crippen molar-refractivity contribution in [3.8, 4) is 0 Å². The van der Waals surface area contributed by atoms with E-state index in [1.165, 1.54) is 12.1 Å². The monoisotopic (exact) mass is 429 g/mol. The Bertz CT molecular complexity index is 1100. The van der Waals surface area contributed by atoms with Crippen LogP contribution in [0.5, 0.6) is 0 Å². The van der Waals surface area contributed by atoms with Crippen LogP contribution in [0.15, 0.2) is 47.4 Å². The quantitative estimate of drug-likeness (QED) is 0.789. The lowest BCUT2D eigenvalue weighted by Crippen LogP contribution is -2.36. The first-order chi connectivity index (χ1) is 14.0. The highest BCUT2D eigenvalue weighted by Crippen LogP contribution is 2.31. The van der Waals surface area contributed by atoms with Crippen LogP contribution in [0.25, 0.3) is 0 Å². The van der Waals surface area contributed by atoms with Gasteiger partial charge in [-0.15, -0.1) is 0 Å². The van der Waals surface area contributed by atoms with Gasteiger partial charge in [-0.05, 0) is 55.7 Å². The molecule has 30 heavy (non-hydrogen) atoms. The molecule has 1 aliphatic heterocycles. The van der Waals surface area contributed by atoms with Gasteiger partial charge in [0.25, 0.3) is 0 Å². The van der Waals surface area contributed by atoms with Crippen LogP contribution in [-0.4, -0.2) is 38.7 Å². The number of sulfonamides is 1. The summed E-state index contributed by atoms with van der Waals surface area (Å²) >= 11 is 0. The standard InChI is InChI=1S/C22H27N3O4S/c1-14-7-5-10-20(15(14)2)25-13-18(12-21(25)26)22(27)24(4)16(3)17-8-6-9-19(11-17)30(23,28)29/h5-11,16,18H,12-13H2,1-4H3,(H2,23,28,29). The first kappa shape index (κ1) is 22.0. The van der Waals surface area contributed by atoms with Crippen molar-refractivity contribution in [2.24, 2.45) is 11.1 Å². The highest BCUT2D eigenvalue weighted by molar-refractivity contribution is 7.89. The summed E-state index contributed by atoms with van der Waals surface area (Å²) in [4.78, 5) is 29.0. The molecule has 2 aromatic rings. The van der Waals surface area contributed by atoms with Crippen LogP contribution in [0, 0.1) is 19.8 Å². The molecule has 0 spiro atoms. The summed E-state index contributed by atoms with van der Waals surface area (Å²) in [5, 5.41) is 5.22. The minimum absolute atomic E-state index is 0.00448. The maximum atomic E-state index is 13.1. The molecular weight excluding hydrogens is 402 g/mol. The van der Waals surface area contributed by atoms with Crippen LogP contribution in [0.2, 0.25) is 0 Å². The number of carbonyl (C=O) groups is 2. The Hall–Kier alpha value is -2.71. The number of benzene rings is 2. The molecule has 3 rings (SSSR count). The van der Waals surface area contributed by atoms with Gasteiger partial charge in [0, 0.05) is 25.7 Å². The van der Waals surface area contributed by atoms with Gasteiger partial charge in [-0.3, -0.25) is 9.59 Å². The Morgan fingerprint density at radius 2 is 1.87 bits per heavy atom. The third-order valence-electron chi connectivity index (χ3n) is 5.94. The minimum Gasteiger partial charge on any atom is -0.339 e. The zero-order chi connectivity index (χ0) is 22.2. The SMILES string of the molecule is Cc1cccc(N2CC(C(=O)N(C)C(C)c3cccc(S(N)(=O)=O)c3)CC2=O)c1C. The number of primary sulfonamides is 1. The van der Waals surface area contributed by atoms with Crippen LogP contribution >= 0.6 is 0 Å². The number of nitrogens with two attached hydrogens (primary N) is 1. The second-order valence-corrected chi connectivity index (χ2v) is 9.43. The lowest BCUT2D eigenvalue weighted by molar-refractivity contribution is -0.136. The summed E-state index contributed by atoms with van der Waals surface area (Å²) in [7, 11) is -2.16. The van der Waals surface area contributed by atoms with Crippen molar-refractivity contribution in [2.45, 2.75) is 38.1 Å². The molecule has 0 radical (unpaired) electrons. The van der Waals surface area contributed by atoms with Crippen molar-refractivity contribution in [1.29, 1.82) is 0 Å². The predicted molar refractivity (Wildman–Crippen MR) is 115 cm³/mol. The molecule has 1 heterocycles. The van der Waals surface area contributed by atoms with Crippen LogP contribution in [0.1, 0.15) is 36.1 Å². The summed E-state index contributed by atoms with van der Waals surface area (Å²) in [6.45, 7) is 6.11. The predicted octanol–water partition coefficient (Wildman–Crippen LogP) is 2.52. The summed E-state index contributed by atoms with van der Waals surface area (Å²) in [6.07, 6.45) is 0.153. The summed E-state index contributed by atoms with van der Waals surface area (Å²) in [6, 6.07) is 11.7. The van der Waals surface area contributed by atoms with E-state index in [1.807, 2.05) is 39.0 Å². The van der Waals surface area contributed by atoms with Crippen molar-refractivity contribution < 1.29 is 18.0 Å². The van der Waals surface area contributed by atoms with E-state index in [0.29, 0.717) is 12.1 Å². The van der Waals surface area contributed by atoms with Gasteiger partial charge in [-0.1, -0.05) is 24.3 Å². The second kappa shape index (κ2) is 8.20. The average Bonchev–Trinajstić information content (AvgIpc) is 3.09. The number of hydrogen-bond donors (Lipinski definition) is 1. The molecular formula is C22H27N3O4S. The van der Waals surface area contributed by atoms with E-state index >= 15 is 0 Å². The van der Waals surface area contributed by atoms with Gasteiger partial charge in [0.2, 0.25) is 21.8 Å². The first-order valence-corrected chi connectivity index (χ1v) is 11.3. The van der Waals surface area contributed by atoms with Gasteiger partial charge in [-0.2, -0.15) is 0 Å². The number of amides is 2. The van der Waals surface area contributed by atoms with Gasteiger partial charge >= 0.3 is 0 Å². The van der Waals surface area contributed by atoms with E-state index in [9.17, 15) is 18.0 Å². The number of rotatable bonds is 5. The molecule has 1 saturated heterocycles. The van der Waals surface area contributed by atoms with E-state index in [4.69, 9.17) is 5.14 Å². The Balaban J connectivity index is 1.78. The van der Waals surface area contributed by atoms with Crippen LogP contribution in [0.3, 0.4) is 0 Å². The van der Waals surface area contributed by atoms with E-state index < -0.39 is 15.9 Å². The minimum atomic E-state index is -3.83. The highest BCUT2D eigenvalue weighted by Gasteiger charge is 2.38. The van der Waals surface area contributed by atoms with Gasteiger partial charge in [-0.25, -0.2) is 13.6 Å². The molecule has 0 aliphatic carbocycles. The van der Waals surface area contributed by atoms with Crippen molar-refractivity contribution in [3.05, 3.63) is 59.2 Å². The summed E-state index contributed by atoms with van der Waals surface area (Å²) in [5.74, 6) is -0.671. The number of hydrogen-bond acceptors (Lipinski definition) is 4. The molecule has 2 N–H and O–H groups in total. The fourth-order valence-corrected chi connectivity index (χ4v) is 4.36. The third kappa shape index (κ3) is 4.24. The highest BCUT2D eigenvalue weighted by atomic mass is 32.2. The number of anilines is 1. The molecule has 0 aromatic heterocycles. The summed E-state index contributed by atoms with van der Waals surface area (Å²) < 4.78 is 23.3. The van der Waals surface area contributed by atoms with Gasteiger partial charge in [0.1, 0.15) is 0 Å². The number of carbonyl (C=O) groups excluding carboxylic acids is 2. The lowest BCUT2D eigenvalue weighted by atomic mass is 10.0. The lowest BCUT2D eigenvalue weighted by Gasteiger charge is -2.28.